The molecule has 8 heteroatoms. The van der Waals surface area contributed by atoms with Crippen molar-refractivity contribution in [3.05, 3.63) is 60.7 Å². The van der Waals surface area contributed by atoms with Crippen LogP contribution in [0, 0.1) is 11.8 Å². The van der Waals surface area contributed by atoms with E-state index < -0.39 is 12.1 Å². The van der Waals surface area contributed by atoms with Crippen LogP contribution in [0.3, 0.4) is 0 Å². The Balaban J connectivity index is 1.38. The van der Waals surface area contributed by atoms with Crippen molar-refractivity contribution in [2.75, 3.05) is 11.9 Å². The van der Waals surface area contributed by atoms with Crippen LogP contribution in [0.2, 0.25) is 0 Å². The van der Waals surface area contributed by atoms with E-state index in [0.29, 0.717) is 18.0 Å². The van der Waals surface area contributed by atoms with Crippen molar-refractivity contribution in [1.29, 1.82) is 0 Å². The fourth-order valence-electron chi connectivity index (χ4n) is 5.91. The third-order valence-corrected chi connectivity index (χ3v) is 9.54. The molecule has 3 amide bonds. The molecule has 3 aromatic rings. The van der Waals surface area contributed by atoms with Crippen LogP contribution in [-0.2, 0) is 14.4 Å². The van der Waals surface area contributed by atoms with Crippen molar-refractivity contribution in [2.24, 2.45) is 11.8 Å². The number of carbonyl (C=O) groups excluding carboxylic acids is 3. The fourth-order valence-corrected chi connectivity index (χ4v) is 6.90. The zero-order valence-electron chi connectivity index (χ0n) is 24.0. The van der Waals surface area contributed by atoms with E-state index in [0.717, 1.165) is 66.8 Å². The number of nitrogens with zero attached hydrogens (tertiary/aromatic N) is 2. The Labute approximate surface area is 246 Å². The van der Waals surface area contributed by atoms with E-state index in [2.05, 4.69) is 10.6 Å². The van der Waals surface area contributed by atoms with Crippen LogP contribution in [0.1, 0.15) is 65.2 Å². The monoisotopic (exact) mass is 572 g/mol. The molecule has 1 saturated carbocycles. The van der Waals surface area contributed by atoms with E-state index in [-0.39, 0.29) is 29.6 Å². The molecular formula is C33H40N4O3S. The topological polar surface area (TPSA) is 91.4 Å². The van der Waals surface area contributed by atoms with E-state index in [1.54, 1.807) is 4.90 Å². The van der Waals surface area contributed by atoms with Crippen LogP contribution in [0.15, 0.2) is 60.7 Å². The summed E-state index contributed by atoms with van der Waals surface area (Å²) >= 11 is 1.44. The highest BCUT2D eigenvalue weighted by Crippen LogP contribution is 2.38. The van der Waals surface area contributed by atoms with Crippen LogP contribution in [0.25, 0.3) is 21.8 Å². The molecule has 0 unspecified atom stereocenters. The molecule has 2 aromatic carbocycles. The maximum absolute atomic E-state index is 14.1. The highest BCUT2D eigenvalue weighted by Gasteiger charge is 2.41. The molecule has 2 N–H and O–H groups in total. The van der Waals surface area contributed by atoms with Gasteiger partial charge >= 0.3 is 0 Å². The molecule has 1 aliphatic heterocycles. The quantitative estimate of drug-likeness (QED) is 0.306. The van der Waals surface area contributed by atoms with E-state index >= 15 is 0 Å². The van der Waals surface area contributed by atoms with Crippen molar-refractivity contribution < 1.29 is 14.4 Å². The maximum Gasteiger partial charge on any atom is 0.247 e. The van der Waals surface area contributed by atoms with Crippen molar-refractivity contribution >= 4 is 34.1 Å². The molecule has 3 atom stereocenters. The lowest BCUT2D eigenvalue weighted by molar-refractivity contribution is -0.142. The highest BCUT2D eigenvalue weighted by atomic mass is 32.1. The van der Waals surface area contributed by atoms with E-state index in [1.165, 1.54) is 11.3 Å². The minimum atomic E-state index is -0.585. The third kappa shape index (κ3) is 6.70. The van der Waals surface area contributed by atoms with E-state index in [1.807, 2.05) is 74.5 Å². The Kier molecular flexibility index (Phi) is 9.49. The normalized spacial score (nSPS) is 19.0. The number of likely N-dealkylation sites (tertiary alicyclic amines) is 1. The van der Waals surface area contributed by atoms with E-state index in [4.69, 9.17) is 4.98 Å². The number of amides is 3. The molecule has 2 heterocycles. The first kappa shape index (κ1) is 29.0. The van der Waals surface area contributed by atoms with Crippen LogP contribution in [0.4, 0.5) is 5.00 Å². The molecule has 2 fully saturated rings. The standard InChI is InChI=1S/C33H40N4O3S/c1-3-22(2)29(38)34-28(24-16-9-5-10-17-24)33(40)37-21-13-20-26(37)30(39)36-32-27(23-14-7-4-8-15-23)35-31(41-32)25-18-11-6-12-19-25/h4,6-8,11-12,14-15,18-19,22,24,26,28H,3,5,9-10,13,16-17,20-21H2,1-2H3,(H,34,38)(H,36,39)/t22-,26+,28+/m1/s1. The second kappa shape index (κ2) is 13.4. The maximum atomic E-state index is 14.1. The van der Waals surface area contributed by atoms with Gasteiger partial charge in [-0.1, -0.05) is 105 Å². The first-order valence-corrected chi connectivity index (χ1v) is 15.8. The number of benzene rings is 2. The summed E-state index contributed by atoms with van der Waals surface area (Å²) in [6.45, 7) is 4.39. The summed E-state index contributed by atoms with van der Waals surface area (Å²) in [5.74, 6) is -0.459. The van der Waals surface area contributed by atoms with Gasteiger partial charge in [0.1, 0.15) is 27.8 Å². The zero-order chi connectivity index (χ0) is 28.8. The molecular weight excluding hydrogens is 532 g/mol. The molecule has 5 rings (SSSR count). The summed E-state index contributed by atoms with van der Waals surface area (Å²) in [4.78, 5) is 47.4. The molecule has 0 spiro atoms. The number of hydrogen-bond donors (Lipinski definition) is 2. The minimum Gasteiger partial charge on any atom is -0.344 e. The molecule has 1 aliphatic carbocycles. The van der Waals surface area contributed by atoms with Gasteiger partial charge in [-0.05, 0) is 38.0 Å². The largest absolute Gasteiger partial charge is 0.344 e. The predicted octanol–water partition coefficient (Wildman–Crippen LogP) is 6.52. The zero-order valence-corrected chi connectivity index (χ0v) is 24.8. The Morgan fingerprint density at radius 2 is 1.59 bits per heavy atom. The van der Waals surface area contributed by atoms with Crippen LogP contribution in [0.5, 0.6) is 0 Å². The van der Waals surface area contributed by atoms with Crippen molar-refractivity contribution in [2.45, 2.75) is 77.3 Å². The average Bonchev–Trinajstić information content (AvgIpc) is 3.68. The summed E-state index contributed by atoms with van der Waals surface area (Å²) < 4.78 is 0. The smallest absolute Gasteiger partial charge is 0.247 e. The van der Waals surface area contributed by atoms with Gasteiger partial charge in [0.25, 0.3) is 0 Å². The summed E-state index contributed by atoms with van der Waals surface area (Å²) in [6.07, 6.45) is 7.20. The Morgan fingerprint density at radius 1 is 0.927 bits per heavy atom. The lowest BCUT2D eigenvalue weighted by atomic mass is 9.83. The van der Waals surface area contributed by atoms with Gasteiger partial charge in [0, 0.05) is 23.6 Å². The first-order valence-electron chi connectivity index (χ1n) is 15.0. The highest BCUT2D eigenvalue weighted by molar-refractivity contribution is 7.19. The molecule has 0 radical (unpaired) electrons. The van der Waals surface area contributed by atoms with Crippen molar-refractivity contribution in [3.8, 4) is 21.8 Å². The SMILES string of the molecule is CC[C@@H](C)C(=O)N[C@H](C(=O)N1CCC[C@H]1C(=O)Nc1sc(-c2ccccc2)nc1-c1ccccc1)C1CCCCC1. The number of hydrogen-bond acceptors (Lipinski definition) is 5. The summed E-state index contributed by atoms with van der Waals surface area (Å²) in [5, 5.41) is 7.75. The second-order valence-corrected chi connectivity index (χ2v) is 12.3. The number of anilines is 1. The Hall–Kier alpha value is -3.52. The summed E-state index contributed by atoms with van der Waals surface area (Å²) in [5.41, 5.74) is 2.63. The Bertz CT molecular complexity index is 1340. The van der Waals surface area contributed by atoms with Gasteiger partial charge < -0.3 is 15.5 Å². The summed E-state index contributed by atoms with van der Waals surface area (Å²) in [6, 6.07) is 18.6. The van der Waals surface area contributed by atoms with Gasteiger partial charge in [-0.15, -0.1) is 0 Å². The van der Waals surface area contributed by atoms with Crippen molar-refractivity contribution in [1.82, 2.24) is 15.2 Å². The molecule has 1 saturated heterocycles. The van der Waals surface area contributed by atoms with Gasteiger partial charge in [-0.2, -0.15) is 0 Å². The number of aromatic nitrogens is 1. The Morgan fingerprint density at radius 3 is 2.24 bits per heavy atom. The first-order chi connectivity index (χ1) is 20.0. The molecule has 0 bridgehead atoms. The van der Waals surface area contributed by atoms with Gasteiger partial charge in [0.05, 0.1) is 0 Å². The molecule has 1 aromatic heterocycles. The molecule has 2 aliphatic rings. The van der Waals surface area contributed by atoms with Crippen LogP contribution >= 0.6 is 11.3 Å². The molecule has 7 nitrogen and oxygen atoms in total. The third-order valence-electron chi connectivity index (χ3n) is 8.52. The van der Waals surface area contributed by atoms with Crippen molar-refractivity contribution in [3.63, 3.8) is 0 Å². The minimum absolute atomic E-state index is 0.0813. The van der Waals surface area contributed by atoms with Crippen LogP contribution < -0.4 is 10.6 Å². The number of rotatable bonds is 9. The predicted molar refractivity (Wildman–Crippen MR) is 164 cm³/mol. The fraction of sp³-hybridized carbons (Fsp3) is 0.455. The number of carbonyl (C=O) groups is 3. The van der Waals surface area contributed by atoms with Gasteiger partial charge in [0.2, 0.25) is 17.7 Å². The van der Waals surface area contributed by atoms with Gasteiger partial charge in [-0.25, -0.2) is 4.98 Å². The van der Waals surface area contributed by atoms with Gasteiger partial charge in [-0.3, -0.25) is 14.4 Å². The second-order valence-electron chi connectivity index (χ2n) is 11.3. The van der Waals surface area contributed by atoms with Crippen LogP contribution in [-0.4, -0.2) is 46.2 Å². The van der Waals surface area contributed by atoms with Gasteiger partial charge in [0.15, 0.2) is 0 Å². The molecule has 41 heavy (non-hydrogen) atoms. The van der Waals surface area contributed by atoms with E-state index in [9.17, 15) is 14.4 Å². The lowest BCUT2D eigenvalue weighted by Gasteiger charge is -2.35. The number of thiazole rings is 1. The lowest BCUT2D eigenvalue weighted by Crippen LogP contribution is -2.56. The molecule has 216 valence electrons. The number of nitrogens with one attached hydrogen (secondary N) is 2. The summed E-state index contributed by atoms with van der Waals surface area (Å²) in [7, 11) is 0. The average molecular weight is 573 g/mol.